The summed E-state index contributed by atoms with van der Waals surface area (Å²) < 4.78 is 45.2. The van der Waals surface area contributed by atoms with Crippen LogP contribution in [0.25, 0.3) is 0 Å². The van der Waals surface area contributed by atoms with Gasteiger partial charge in [0.05, 0.1) is 25.0 Å². The Morgan fingerprint density at radius 1 is 1.40 bits per heavy atom. The monoisotopic (exact) mass is 367 g/mol. The molecule has 1 aromatic carbocycles. The maximum atomic E-state index is 14.0. The topological polar surface area (TPSA) is 64.4 Å². The SMILES string of the molecule is CN(Cc1cnc(S(C)(=O)=O)n1Cc1ccccc1F)[C@@H]1CCOC1. The Hall–Kier alpha value is -1.77. The number of sulfone groups is 1. The maximum absolute atomic E-state index is 14.0. The highest BCUT2D eigenvalue weighted by Crippen LogP contribution is 2.19. The molecule has 25 heavy (non-hydrogen) atoms. The van der Waals surface area contributed by atoms with Crippen molar-refractivity contribution in [1.29, 1.82) is 0 Å². The van der Waals surface area contributed by atoms with Gasteiger partial charge < -0.3 is 9.30 Å². The molecule has 0 unspecified atom stereocenters. The number of nitrogens with zero attached hydrogens (tertiary/aromatic N) is 3. The Balaban J connectivity index is 1.93. The summed E-state index contributed by atoms with van der Waals surface area (Å²) in [6.45, 7) is 2.04. The average Bonchev–Trinajstić information content (AvgIpc) is 3.19. The molecule has 1 aliphatic rings. The second-order valence-corrected chi connectivity index (χ2v) is 8.32. The van der Waals surface area contributed by atoms with E-state index in [1.807, 2.05) is 7.05 Å². The van der Waals surface area contributed by atoms with Crippen LogP contribution in [0.15, 0.2) is 35.6 Å². The molecule has 0 saturated carbocycles. The van der Waals surface area contributed by atoms with Crippen LogP contribution in [0.4, 0.5) is 4.39 Å². The summed E-state index contributed by atoms with van der Waals surface area (Å²) in [4.78, 5) is 6.21. The predicted molar refractivity (Wildman–Crippen MR) is 91.5 cm³/mol. The van der Waals surface area contributed by atoms with Gasteiger partial charge in [-0.2, -0.15) is 0 Å². The first-order chi connectivity index (χ1) is 11.9. The van der Waals surface area contributed by atoms with E-state index in [1.165, 1.54) is 6.07 Å². The maximum Gasteiger partial charge on any atom is 0.227 e. The molecule has 3 rings (SSSR count). The van der Waals surface area contributed by atoms with Crippen LogP contribution in [0.3, 0.4) is 0 Å². The van der Waals surface area contributed by atoms with Gasteiger partial charge in [0.1, 0.15) is 5.82 Å². The molecular weight excluding hydrogens is 345 g/mol. The smallest absolute Gasteiger partial charge is 0.227 e. The molecule has 0 radical (unpaired) electrons. The van der Waals surface area contributed by atoms with Crippen LogP contribution < -0.4 is 0 Å². The van der Waals surface area contributed by atoms with E-state index in [9.17, 15) is 12.8 Å². The standard InChI is InChI=1S/C17H22FN3O3S/c1-20(14-7-8-24-12-14)11-15-9-19-17(25(2,22)23)21(15)10-13-5-3-4-6-16(13)18/h3-6,9,14H,7-8,10-12H2,1-2H3/t14-/m1/s1. The molecule has 8 heteroatoms. The lowest BCUT2D eigenvalue weighted by Crippen LogP contribution is -2.32. The first-order valence-corrected chi connectivity index (χ1v) is 10.0. The average molecular weight is 367 g/mol. The molecule has 0 aliphatic carbocycles. The number of halogens is 1. The second-order valence-electron chi connectivity index (χ2n) is 6.41. The Bertz CT molecular complexity index is 845. The lowest BCUT2D eigenvalue weighted by Gasteiger charge is -2.23. The van der Waals surface area contributed by atoms with E-state index in [2.05, 4.69) is 9.88 Å². The third-order valence-corrected chi connectivity index (χ3v) is 5.45. The molecule has 0 N–H and O–H groups in total. The molecule has 1 aliphatic heterocycles. The van der Waals surface area contributed by atoms with Crippen LogP contribution in [-0.2, 0) is 27.7 Å². The fraction of sp³-hybridized carbons (Fsp3) is 0.471. The summed E-state index contributed by atoms with van der Waals surface area (Å²) in [6, 6.07) is 6.66. The highest BCUT2D eigenvalue weighted by atomic mass is 32.2. The van der Waals surface area contributed by atoms with Gasteiger partial charge in [-0.05, 0) is 19.5 Å². The summed E-state index contributed by atoms with van der Waals surface area (Å²) in [6.07, 6.45) is 3.62. The molecule has 6 nitrogen and oxygen atoms in total. The Morgan fingerprint density at radius 2 is 2.16 bits per heavy atom. The number of aromatic nitrogens is 2. The Labute approximate surface area is 147 Å². The summed E-state index contributed by atoms with van der Waals surface area (Å²) in [5, 5.41) is -0.0400. The first kappa shape index (κ1) is 18.0. The number of hydrogen-bond donors (Lipinski definition) is 0. The van der Waals surface area contributed by atoms with Gasteiger partial charge in [0.25, 0.3) is 0 Å². The van der Waals surface area contributed by atoms with Crippen molar-refractivity contribution < 1.29 is 17.5 Å². The molecule has 1 fully saturated rings. The summed E-state index contributed by atoms with van der Waals surface area (Å²) >= 11 is 0. The Kier molecular flexibility index (Phi) is 5.21. The molecule has 0 amide bonds. The van der Waals surface area contributed by atoms with Crippen molar-refractivity contribution in [2.24, 2.45) is 0 Å². The molecule has 0 spiro atoms. The predicted octanol–water partition coefficient (Wildman–Crippen LogP) is 1.69. The van der Waals surface area contributed by atoms with Crippen LogP contribution >= 0.6 is 0 Å². The fourth-order valence-corrected chi connectivity index (χ4v) is 3.86. The number of ether oxygens (including phenoxy) is 1. The second kappa shape index (κ2) is 7.23. The van der Waals surface area contributed by atoms with Gasteiger partial charge in [-0.15, -0.1) is 0 Å². The van der Waals surface area contributed by atoms with E-state index in [4.69, 9.17) is 4.74 Å². The van der Waals surface area contributed by atoms with Crippen LogP contribution in [0.2, 0.25) is 0 Å². The van der Waals surface area contributed by atoms with Gasteiger partial charge in [-0.3, -0.25) is 4.90 Å². The minimum atomic E-state index is -3.51. The number of likely N-dealkylation sites (N-methyl/N-ethyl adjacent to an activating group) is 1. The van der Waals surface area contributed by atoms with Crippen molar-refractivity contribution >= 4 is 9.84 Å². The van der Waals surface area contributed by atoms with Crippen molar-refractivity contribution in [2.45, 2.75) is 30.7 Å². The molecule has 2 heterocycles. The van der Waals surface area contributed by atoms with Gasteiger partial charge in [0.2, 0.25) is 15.0 Å². The van der Waals surface area contributed by atoms with E-state index in [-0.39, 0.29) is 17.5 Å². The van der Waals surface area contributed by atoms with Crippen molar-refractivity contribution in [3.63, 3.8) is 0 Å². The number of imidazole rings is 1. The van der Waals surface area contributed by atoms with Crippen molar-refractivity contribution in [2.75, 3.05) is 26.5 Å². The van der Waals surface area contributed by atoms with E-state index in [1.54, 1.807) is 29.0 Å². The van der Waals surface area contributed by atoms with Gasteiger partial charge in [0, 0.05) is 31.0 Å². The van der Waals surface area contributed by atoms with Crippen LogP contribution in [-0.4, -0.2) is 55.4 Å². The highest BCUT2D eigenvalue weighted by Gasteiger charge is 2.24. The normalized spacial score (nSPS) is 18.2. The number of rotatable bonds is 6. The first-order valence-electron chi connectivity index (χ1n) is 8.12. The molecule has 2 aromatic rings. The minimum Gasteiger partial charge on any atom is -0.380 e. The van der Waals surface area contributed by atoms with Crippen molar-refractivity contribution in [3.8, 4) is 0 Å². The number of benzene rings is 1. The molecule has 1 saturated heterocycles. The zero-order valence-corrected chi connectivity index (χ0v) is 15.2. The van der Waals surface area contributed by atoms with E-state index in [0.717, 1.165) is 25.0 Å². The van der Waals surface area contributed by atoms with E-state index < -0.39 is 9.84 Å². The van der Waals surface area contributed by atoms with Crippen molar-refractivity contribution in [3.05, 3.63) is 47.5 Å². The zero-order chi connectivity index (χ0) is 18.0. The van der Waals surface area contributed by atoms with Gasteiger partial charge in [0.15, 0.2) is 0 Å². The quantitative estimate of drug-likeness (QED) is 0.778. The third-order valence-electron chi connectivity index (χ3n) is 4.46. The molecule has 1 atom stereocenters. The van der Waals surface area contributed by atoms with Crippen LogP contribution in [0.5, 0.6) is 0 Å². The molecule has 1 aromatic heterocycles. The van der Waals surface area contributed by atoms with Gasteiger partial charge in [-0.25, -0.2) is 17.8 Å². The lowest BCUT2D eigenvalue weighted by atomic mass is 10.2. The van der Waals surface area contributed by atoms with Crippen LogP contribution in [0, 0.1) is 5.82 Å². The molecular formula is C17H22FN3O3S. The van der Waals surface area contributed by atoms with Gasteiger partial charge in [-0.1, -0.05) is 18.2 Å². The minimum absolute atomic E-state index is 0.0400. The lowest BCUT2D eigenvalue weighted by molar-refractivity contribution is 0.155. The van der Waals surface area contributed by atoms with Crippen molar-refractivity contribution in [1.82, 2.24) is 14.5 Å². The molecule has 0 bridgehead atoms. The highest BCUT2D eigenvalue weighted by molar-refractivity contribution is 7.90. The summed E-state index contributed by atoms with van der Waals surface area (Å²) in [5.41, 5.74) is 1.16. The molecule has 136 valence electrons. The van der Waals surface area contributed by atoms with E-state index >= 15 is 0 Å². The third kappa shape index (κ3) is 4.08. The van der Waals surface area contributed by atoms with Gasteiger partial charge >= 0.3 is 0 Å². The Morgan fingerprint density at radius 3 is 2.80 bits per heavy atom. The summed E-state index contributed by atoms with van der Waals surface area (Å²) in [7, 11) is -1.54. The fourth-order valence-electron chi connectivity index (χ4n) is 3.03. The largest absolute Gasteiger partial charge is 0.380 e. The van der Waals surface area contributed by atoms with E-state index in [0.29, 0.717) is 24.8 Å². The zero-order valence-electron chi connectivity index (χ0n) is 14.4. The van der Waals surface area contributed by atoms with Crippen LogP contribution in [0.1, 0.15) is 17.7 Å². The summed E-state index contributed by atoms with van der Waals surface area (Å²) in [5.74, 6) is -0.362. The number of hydrogen-bond acceptors (Lipinski definition) is 5.